The van der Waals surface area contributed by atoms with Crippen LogP contribution in [0.4, 0.5) is 0 Å². The van der Waals surface area contributed by atoms with Crippen LogP contribution in [0.5, 0.6) is 11.5 Å². The zero-order chi connectivity index (χ0) is 22.7. The first-order valence-corrected chi connectivity index (χ1v) is 12.1. The third-order valence-corrected chi connectivity index (χ3v) is 6.75. The average Bonchev–Trinajstić information content (AvgIpc) is 3.26. The van der Waals surface area contributed by atoms with Crippen LogP contribution in [0.15, 0.2) is 90.0 Å². The summed E-state index contributed by atoms with van der Waals surface area (Å²) in [6, 6.07) is 24.4. The quantitative estimate of drug-likeness (QED) is 0.452. The van der Waals surface area contributed by atoms with Gasteiger partial charge < -0.3 is 9.47 Å². The molecular formula is C25H23N3O4S. The smallest absolute Gasteiger partial charge is 0.241 e. The maximum atomic E-state index is 13.0. The van der Waals surface area contributed by atoms with Crippen molar-refractivity contribution >= 4 is 10.0 Å². The monoisotopic (exact) mass is 461 g/mol. The Morgan fingerprint density at radius 3 is 2.33 bits per heavy atom. The Bertz CT molecular complexity index is 1350. The van der Waals surface area contributed by atoms with Crippen LogP contribution in [-0.4, -0.2) is 31.4 Å². The Hall–Kier alpha value is -3.62. The van der Waals surface area contributed by atoms with Gasteiger partial charge in [0.1, 0.15) is 13.2 Å². The van der Waals surface area contributed by atoms with E-state index < -0.39 is 10.0 Å². The van der Waals surface area contributed by atoms with Crippen molar-refractivity contribution in [3.05, 3.63) is 96.2 Å². The molecule has 168 valence electrons. The van der Waals surface area contributed by atoms with Crippen molar-refractivity contribution < 1.29 is 17.9 Å². The van der Waals surface area contributed by atoms with Crippen molar-refractivity contribution in [3.8, 4) is 22.8 Å². The molecule has 0 atom stereocenters. The summed E-state index contributed by atoms with van der Waals surface area (Å²) in [5, 5.41) is 4.75. The first-order valence-electron chi connectivity index (χ1n) is 10.6. The number of ether oxygens (including phenoxy) is 2. The number of benzene rings is 3. The third kappa shape index (κ3) is 4.76. The molecule has 2 heterocycles. The molecule has 0 fully saturated rings. The number of nitrogens with zero attached hydrogens (tertiary/aromatic N) is 2. The van der Waals surface area contributed by atoms with Gasteiger partial charge in [-0.25, -0.2) is 13.1 Å². The normalized spacial score (nSPS) is 13.1. The maximum absolute atomic E-state index is 13.0. The minimum Gasteiger partial charge on any atom is -0.486 e. The molecule has 4 aromatic rings. The Morgan fingerprint density at radius 2 is 1.58 bits per heavy atom. The Labute approximate surface area is 192 Å². The van der Waals surface area contributed by atoms with E-state index in [1.165, 1.54) is 12.1 Å². The lowest BCUT2D eigenvalue weighted by atomic mass is 10.1. The first kappa shape index (κ1) is 21.2. The SMILES string of the molecule is O=S(=O)(NCc1cn(Cc2ccccc2)nc1-c1ccccc1)c1ccc2c(c1)OCCO2. The largest absolute Gasteiger partial charge is 0.486 e. The predicted octanol–water partition coefficient (Wildman–Crippen LogP) is 3.85. The molecule has 0 amide bonds. The minimum atomic E-state index is -3.76. The number of sulfonamides is 1. The van der Waals surface area contributed by atoms with Crippen molar-refractivity contribution in [3.63, 3.8) is 0 Å². The maximum Gasteiger partial charge on any atom is 0.241 e. The predicted molar refractivity (Wildman–Crippen MR) is 125 cm³/mol. The Balaban J connectivity index is 1.41. The van der Waals surface area contributed by atoms with Gasteiger partial charge in [-0.15, -0.1) is 0 Å². The van der Waals surface area contributed by atoms with Crippen LogP contribution in [0.3, 0.4) is 0 Å². The van der Waals surface area contributed by atoms with Gasteiger partial charge in [0.25, 0.3) is 0 Å². The number of nitrogens with one attached hydrogen (secondary N) is 1. The Kier molecular flexibility index (Phi) is 5.85. The number of rotatable bonds is 7. The van der Waals surface area contributed by atoms with Gasteiger partial charge in [-0.05, 0) is 17.7 Å². The molecule has 1 aromatic heterocycles. The highest BCUT2D eigenvalue weighted by Gasteiger charge is 2.21. The second-order valence-corrected chi connectivity index (χ2v) is 9.45. The molecular weight excluding hydrogens is 438 g/mol. The molecule has 3 aromatic carbocycles. The van der Waals surface area contributed by atoms with E-state index in [1.807, 2.05) is 71.5 Å². The van der Waals surface area contributed by atoms with Gasteiger partial charge in [-0.1, -0.05) is 60.7 Å². The summed E-state index contributed by atoms with van der Waals surface area (Å²) in [6.45, 7) is 1.54. The molecule has 0 bridgehead atoms. The number of aromatic nitrogens is 2. The van der Waals surface area contributed by atoms with Crippen LogP contribution in [-0.2, 0) is 23.1 Å². The van der Waals surface area contributed by atoms with Crippen LogP contribution in [0.2, 0.25) is 0 Å². The molecule has 1 N–H and O–H groups in total. The van der Waals surface area contributed by atoms with Crippen LogP contribution in [0.25, 0.3) is 11.3 Å². The summed E-state index contributed by atoms with van der Waals surface area (Å²) < 4.78 is 41.6. The molecule has 8 heteroatoms. The van der Waals surface area contributed by atoms with E-state index in [0.717, 1.165) is 22.4 Å². The van der Waals surface area contributed by atoms with Gasteiger partial charge in [-0.2, -0.15) is 5.10 Å². The Morgan fingerprint density at radius 1 is 0.879 bits per heavy atom. The molecule has 0 saturated heterocycles. The van der Waals surface area contributed by atoms with Gasteiger partial charge in [0, 0.05) is 29.9 Å². The lowest BCUT2D eigenvalue weighted by molar-refractivity contribution is 0.171. The van der Waals surface area contributed by atoms with E-state index in [0.29, 0.717) is 31.3 Å². The summed E-state index contributed by atoms with van der Waals surface area (Å²) in [4.78, 5) is 0.129. The highest BCUT2D eigenvalue weighted by Crippen LogP contribution is 2.32. The van der Waals surface area contributed by atoms with Gasteiger partial charge in [0.2, 0.25) is 10.0 Å². The molecule has 1 aliphatic heterocycles. The van der Waals surface area contributed by atoms with Gasteiger partial charge >= 0.3 is 0 Å². The molecule has 5 rings (SSSR count). The van der Waals surface area contributed by atoms with E-state index in [2.05, 4.69) is 4.72 Å². The molecule has 0 unspecified atom stereocenters. The second-order valence-electron chi connectivity index (χ2n) is 7.68. The van der Waals surface area contributed by atoms with E-state index in [4.69, 9.17) is 14.6 Å². The fourth-order valence-electron chi connectivity index (χ4n) is 3.73. The van der Waals surface area contributed by atoms with Gasteiger partial charge in [0.05, 0.1) is 17.1 Å². The van der Waals surface area contributed by atoms with Gasteiger partial charge in [0.15, 0.2) is 11.5 Å². The van der Waals surface area contributed by atoms with Crippen LogP contribution >= 0.6 is 0 Å². The van der Waals surface area contributed by atoms with E-state index >= 15 is 0 Å². The van der Waals surface area contributed by atoms with E-state index in [1.54, 1.807) is 6.07 Å². The molecule has 7 nitrogen and oxygen atoms in total. The summed E-state index contributed by atoms with van der Waals surface area (Å²) in [5.74, 6) is 0.985. The molecule has 0 aliphatic carbocycles. The topological polar surface area (TPSA) is 82.5 Å². The third-order valence-electron chi connectivity index (χ3n) is 5.35. The molecule has 0 spiro atoms. The average molecular weight is 462 g/mol. The standard InChI is InChI=1S/C25H23N3O4S/c29-33(30,22-11-12-23-24(15-22)32-14-13-31-23)26-16-21-18-28(17-19-7-3-1-4-8-19)27-25(21)20-9-5-2-6-10-20/h1-12,15,18,26H,13-14,16-17H2. The number of hydrogen-bond acceptors (Lipinski definition) is 5. The molecule has 0 saturated carbocycles. The van der Waals surface area contributed by atoms with Crippen LogP contribution < -0.4 is 14.2 Å². The highest BCUT2D eigenvalue weighted by atomic mass is 32.2. The van der Waals surface area contributed by atoms with Crippen LogP contribution in [0.1, 0.15) is 11.1 Å². The molecule has 1 aliphatic rings. The summed E-state index contributed by atoms with van der Waals surface area (Å²) in [5.41, 5.74) is 3.58. The summed E-state index contributed by atoms with van der Waals surface area (Å²) in [6.07, 6.45) is 1.89. The molecule has 33 heavy (non-hydrogen) atoms. The minimum absolute atomic E-state index is 0.107. The fourth-order valence-corrected chi connectivity index (χ4v) is 4.75. The van der Waals surface area contributed by atoms with Crippen molar-refractivity contribution in [1.29, 1.82) is 0 Å². The highest BCUT2D eigenvalue weighted by molar-refractivity contribution is 7.89. The zero-order valence-corrected chi connectivity index (χ0v) is 18.7. The van der Waals surface area contributed by atoms with Gasteiger partial charge in [-0.3, -0.25) is 4.68 Å². The van der Waals surface area contributed by atoms with E-state index in [9.17, 15) is 8.42 Å². The number of hydrogen-bond donors (Lipinski definition) is 1. The number of fused-ring (bicyclic) bond motifs is 1. The van der Waals surface area contributed by atoms with Crippen molar-refractivity contribution in [2.75, 3.05) is 13.2 Å². The van der Waals surface area contributed by atoms with Crippen molar-refractivity contribution in [2.24, 2.45) is 0 Å². The lowest BCUT2D eigenvalue weighted by Crippen LogP contribution is -2.24. The van der Waals surface area contributed by atoms with Crippen molar-refractivity contribution in [2.45, 2.75) is 18.0 Å². The van der Waals surface area contributed by atoms with Crippen LogP contribution in [0, 0.1) is 0 Å². The van der Waals surface area contributed by atoms with E-state index in [-0.39, 0.29) is 11.4 Å². The summed E-state index contributed by atoms with van der Waals surface area (Å²) >= 11 is 0. The second kappa shape index (κ2) is 9.09. The zero-order valence-electron chi connectivity index (χ0n) is 17.8. The van der Waals surface area contributed by atoms with Crippen molar-refractivity contribution in [1.82, 2.24) is 14.5 Å². The first-order chi connectivity index (χ1) is 16.1. The fraction of sp³-hybridized carbons (Fsp3) is 0.160. The molecule has 0 radical (unpaired) electrons. The summed E-state index contributed by atoms with van der Waals surface area (Å²) in [7, 11) is -3.76. The lowest BCUT2D eigenvalue weighted by Gasteiger charge is -2.18.